The zero-order valence-electron chi connectivity index (χ0n) is 11.1. The first kappa shape index (κ1) is 13.8. The molecule has 0 bridgehead atoms. The molecule has 2 rings (SSSR count). The van der Waals surface area contributed by atoms with E-state index in [9.17, 15) is 5.11 Å². The van der Waals surface area contributed by atoms with Crippen LogP contribution in [-0.2, 0) is 4.74 Å². The number of halogens is 1. The molecule has 0 aromatic heterocycles. The van der Waals surface area contributed by atoms with E-state index in [0.29, 0.717) is 6.04 Å². The Balaban J connectivity index is 2.22. The molecule has 0 spiro atoms. The normalized spacial score (nSPS) is 25.2. The van der Waals surface area contributed by atoms with Gasteiger partial charge in [0.25, 0.3) is 0 Å². The zero-order chi connectivity index (χ0) is 13.3. The van der Waals surface area contributed by atoms with Crippen molar-refractivity contribution in [2.24, 2.45) is 0 Å². The molecule has 100 valence electrons. The predicted molar refractivity (Wildman–Crippen MR) is 77.0 cm³/mol. The molecule has 1 heterocycles. The van der Waals surface area contributed by atoms with E-state index in [1.54, 1.807) is 6.92 Å². The van der Waals surface area contributed by atoms with Crippen molar-refractivity contribution >= 4 is 21.6 Å². The Labute approximate surface area is 117 Å². The molecular formula is C14H20BrNO2. The highest BCUT2D eigenvalue weighted by molar-refractivity contribution is 9.10. The van der Waals surface area contributed by atoms with Crippen molar-refractivity contribution in [3.8, 4) is 0 Å². The molecule has 0 aliphatic carbocycles. The van der Waals surface area contributed by atoms with Crippen LogP contribution >= 0.6 is 15.9 Å². The maximum absolute atomic E-state index is 9.58. The molecule has 1 aromatic carbocycles. The first-order valence-corrected chi connectivity index (χ1v) is 7.12. The third-order valence-electron chi connectivity index (χ3n) is 3.67. The maximum atomic E-state index is 9.58. The highest BCUT2D eigenvalue weighted by Gasteiger charge is 2.28. The molecule has 18 heavy (non-hydrogen) atoms. The highest BCUT2D eigenvalue weighted by Crippen LogP contribution is 2.32. The van der Waals surface area contributed by atoms with E-state index in [-0.39, 0.29) is 6.10 Å². The summed E-state index contributed by atoms with van der Waals surface area (Å²) in [6.07, 6.45) is 0.884. The molecule has 1 saturated heterocycles. The molecule has 1 N–H and O–H groups in total. The highest BCUT2D eigenvalue weighted by atomic mass is 79.9. The Hall–Kier alpha value is -0.580. The van der Waals surface area contributed by atoms with Crippen LogP contribution in [0.4, 0.5) is 5.69 Å². The van der Waals surface area contributed by atoms with Gasteiger partial charge in [0, 0.05) is 18.1 Å². The van der Waals surface area contributed by atoms with E-state index in [4.69, 9.17) is 4.74 Å². The van der Waals surface area contributed by atoms with Gasteiger partial charge in [-0.05, 0) is 53.9 Å². The van der Waals surface area contributed by atoms with Crippen molar-refractivity contribution in [3.63, 3.8) is 0 Å². The summed E-state index contributed by atoms with van der Waals surface area (Å²) < 4.78 is 6.63. The lowest BCUT2D eigenvalue weighted by Crippen LogP contribution is -2.36. The maximum Gasteiger partial charge on any atom is 0.0762 e. The van der Waals surface area contributed by atoms with E-state index in [2.05, 4.69) is 40.9 Å². The van der Waals surface area contributed by atoms with E-state index in [1.165, 1.54) is 0 Å². The molecule has 0 amide bonds. The molecule has 1 fully saturated rings. The van der Waals surface area contributed by atoms with Crippen LogP contribution in [0.5, 0.6) is 0 Å². The van der Waals surface area contributed by atoms with Crippen LogP contribution < -0.4 is 4.90 Å². The lowest BCUT2D eigenvalue weighted by molar-refractivity contribution is 0.118. The monoisotopic (exact) mass is 313 g/mol. The largest absolute Gasteiger partial charge is 0.389 e. The van der Waals surface area contributed by atoms with Gasteiger partial charge in [0.2, 0.25) is 0 Å². The molecule has 3 atom stereocenters. The van der Waals surface area contributed by atoms with Gasteiger partial charge >= 0.3 is 0 Å². The van der Waals surface area contributed by atoms with Crippen molar-refractivity contribution in [1.82, 2.24) is 0 Å². The van der Waals surface area contributed by atoms with Gasteiger partial charge in [-0.15, -0.1) is 0 Å². The smallest absolute Gasteiger partial charge is 0.0762 e. The topological polar surface area (TPSA) is 32.7 Å². The molecule has 2 unspecified atom stereocenters. The van der Waals surface area contributed by atoms with Gasteiger partial charge in [-0.2, -0.15) is 0 Å². The Kier molecular flexibility index (Phi) is 4.30. The van der Waals surface area contributed by atoms with Crippen molar-refractivity contribution in [2.75, 3.05) is 18.6 Å². The summed E-state index contributed by atoms with van der Waals surface area (Å²) in [5.74, 6) is 0. The van der Waals surface area contributed by atoms with Gasteiger partial charge in [-0.1, -0.05) is 6.07 Å². The van der Waals surface area contributed by atoms with Crippen molar-refractivity contribution in [2.45, 2.75) is 38.5 Å². The van der Waals surface area contributed by atoms with Gasteiger partial charge in [-0.25, -0.2) is 0 Å². The van der Waals surface area contributed by atoms with Crippen LogP contribution in [-0.4, -0.2) is 30.9 Å². The molecule has 0 saturated carbocycles. The summed E-state index contributed by atoms with van der Waals surface area (Å²) >= 11 is 3.59. The van der Waals surface area contributed by atoms with Crippen LogP contribution in [0.1, 0.15) is 31.9 Å². The first-order chi connectivity index (χ1) is 8.50. The number of hydrogen-bond acceptors (Lipinski definition) is 3. The fourth-order valence-electron chi connectivity index (χ4n) is 2.48. The molecule has 1 aliphatic heterocycles. The second-order valence-corrected chi connectivity index (χ2v) is 5.78. The summed E-state index contributed by atoms with van der Waals surface area (Å²) in [4.78, 5) is 2.26. The minimum Gasteiger partial charge on any atom is -0.389 e. The summed E-state index contributed by atoms with van der Waals surface area (Å²) in [6, 6.07) is 6.43. The van der Waals surface area contributed by atoms with Crippen molar-refractivity contribution in [3.05, 3.63) is 28.2 Å². The number of anilines is 1. The van der Waals surface area contributed by atoms with Crippen molar-refractivity contribution in [1.29, 1.82) is 0 Å². The summed E-state index contributed by atoms with van der Waals surface area (Å²) in [5, 5.41) is 9.58. The Morgan fingerprint density at radius 1 is 1.50 bits per heavy atom. The average Bonchev–Trinajstić information content (AvgIpc) is 2.74. The van der Waals surface area contributed by atoms with Gasteiger partial charge in [0.15, 0.2) is 0 Å². The van der Waals surface area contributed by atoms with Gasteiger partial charge in [-0.3, -0.25) is 0 Å². The third-order valence-corrected chi connectivity index (χ3v) is 4.30. The number of aliphatic hydroxyl groups is 1. The number of hydrogen-bond donors (Lipinski definition) is 1. The second kappa shape index (κ2) is 5.59. The molecule has 4 heteroatoms. The predicted octanol–water partition coefficient (Wildman–Crippen LogP) is 3.12. The number of nitrogens with zero attached hydrogens (tertiary/aromatic N) is 1. The minimum atomic E-state index is -0.436. The Morgan fingerprint density at radius 3 is 2.72 bits per heavy atom. The van der Waals surface area contributed by atoms with E-state index in [0.717, 1.165) is 28.8 Å². The average molecular weight is 314 g/mol. The molecule has 3 nitrogen and oxygen atoms in total. The van der Waals surface area contributed by atoms with Crippen LogP contribution in [0, 0.1) is 0 Å². The first-order valence-electron chi connectivity index (χ1n) is 6.32. The van der Waals surface area contributed by atoms with Crippen LogP contribution in [0.3, 0.4) is 0 Å². The molecular weight excluding hydrogens is 294 g/mol. The lowest BCUT2D eigenvalue weighted by atomic mass is 10.1. The standard InChI is InChI=1S/C14H20BrNO2/c1-9(17)11-4-5-14(12(15)8-11)16(3)13-6-7-18-10(13)2/h4-5,8-10,13,17H,6-7H2,1-3H3/t9-,10?,13?/m1/s1. The zero-order valence-corrected chi connectivity index (χ0v) is 12.6. The van der Waals surface area contributed by atoms with Gasteiger partial charge in [0.1, 0.15) is 0 Å². The number of ether oxygens (including phenoxy) is 1. The van der Waals surface area contributed by atoms with E-state index >= 15 is 0 Å². The SMILES string of the molecule is CC1OCCC1N(C)c1ccc([C@@H](C)O)cc1Br. The number of benzene rings is 1. The number of rotatable bonds is 3. The second-order valence-electron chi connectivity index (χ2n) is 4.93. The Morgan fingerprint density at radius 2 is 2.22 bits per heavy atom. The fourth-order valence-corrected chi connectivity index (χ4v) is 3.15. The van der Waals surface area contributed by atoms with Crippen LogP contribution in [0.2, 0.25) is 0 Å². The quantitative estimate of drug-likeness (QED) is 0.930. The van der Waals surface area contributed by atoms with Crippen LogP contribution in [0.25, 0.3) is 0 Å². The molecule has 0 radical (unpaired) electrons. The van der Waals surface area contributed by atoms with E-state index < -0.39 is 6.10 Å². The Bertz CT molecular complexity index is 422. The third kappa shape index (κ3) is 2.71. The van der Waals surface area contributed by atoms with Crippen LogP contribution in [0.15, 0.2) is 22.7 Å². The molecule has 1 aliphatic rings. The number of likely N-dealkylation sites (N-methyl/N-ethyl adjacent to an activating group) is 1. The van der Waals surface area contributed by atoms with Crippen molar-refractivity contribution < 1.29 is 9.84 Å². The molecule has 1 aromatic rings. The fraction of sp³-hybridized carbons (Fsp3) is 0.571. The summed E-state index contributed by atoms with van der Waals surface area (Å²) in [6.45, 7) is 4.73. The summed E-state index contributed by atoms with van der Waals surface area (Å²) in [5.41, 5.74) is 2.07. The van der Waals surface area contributed by atoms with E-state index in [1.807, 2.05) is 12.1 Å². The number of aliphatic hydroxyl groups excluding tert-OH is 1. The van der Waals surface area contributed by atoms with Gasteiger partial charge in [0.05, 0.1) is 23.9 Å². The summed E-state index contributed by atoms with van der Waals surface area (Å²) in [7, 11) is 2.10. The minimum absolute atomic E-state index is 0.262. The lowest BCUT2D eigenvalue weighted by Gasteiger charge is -2.30. The van der Waals surface area contributed by atoms with Gasteiger partial charge < -0.3 is 14.7 Å².